The van der Waals surface area contributed by atoms with Gasteiger partial charge in [-0.25, -0.2) is 0 Å². The molecule has 1 rings (SSSR count). The van der Waals surface area contributed by atoms with E-state index < -0.39 is 5.54 Å². The lowest BCUT2D eigenvalue weighted by molar-refractivity contribution is -0.123. The van der Waals surface area contributed by atoms with Gasteiger partial charge in [-0.05, 0) is 44.5 Å². The molecule has 6 heteroatoms. The molecular formula is C15H25ClN2O3. The van der Waals surface area contributed by atoms with E-state index >= 15 is 0 Å². The fourth-order valence-corrected chi connectivity index (χ4v) is 1.38. The summed E-state index contributed by atoms with van der Waals surface area (Å²) in [6, 6.07) is 7.22. The highest BCUT2D eigenvalue weighted by molar-refractivity contribution is 5.85. The van der Waals surface area contributed by atoms with Crippen molar-refractivity contribution in [2.24, 2.45) is 5.73 Å². The average Bonchev–Trinajstić information content (AvgIpc) is 2.41. The van der Waals surface area contributed by atoms with Gasteiger partial charge >= 0.3 is 0 Å². The normalized spacial score (nSPS) is 10.5. The van der Waals surface area contributed by atoms with Gasteiger partial charge in [-0.2, -0.15) is 0 Å². The molecule has 0 aliphatic heterocycles. The van der Waals surface area contributed by atoms with Crippen molar-refractivity contribution in [1.29, 1.82) is 0 Å². The Morgan fingerprint density at radius 3 is 2.19 bits per heavy atom. The summed E-state index contributed by atoms with van der Waals surface area (Å²) in [6.07, 6.45) is 0.968. The third-order valence-electron chi connectivity index (χ3n) is 2.41. The van der Waals surface area contributed by atoms with Crippen LogP contribution in [-0.2, 0) is 4.79 Å². The first-order valence-electron chi connectivity index (χ1n) is 6.82. The van der Waals surface area contributed by atoms with Crippen LogP contribution in [-0.4, -0.2) is 31.2 Å². The van der Waals surface area contributed by atoms with E-state index in [2.05, 4.69) is 12.2 Å². The molecule has 1 amide bonds. The van der Waals surface area contributed by atoms with Crippen molar-refractivity contribution in [3.63, 3.8) is 0 Å². The molecule has 0 radical (unpaired) electrons. The molecule has 0 aliphatic rings. The van der Waals surface area contributed by atoms with E-state index in [1.165, 1.54) is 0 Å². The molecule has 1 aromatic rings. The van der Waals surface area contributed by atoms with E-state index in [0.717, 1.165) is 12.2 Å². The van der Waals surface area contributed by atoms with Crippen molar-refractivity contribution in [2.45, 2.75) is 32.7 Å². The molecule has 0 bridgehead atoms. The van der Waals surface area contributed by atoms with Gasteiger partial charge in [0, 0.05) is 12.1 Å². The van der Waals surface area contributed by atoms with Crippen molar-refractivity contribution in [3.8, 4) is 11.5 Å². The predicted octanol–water partition coefficient (Wildman–Crippen LogP) is 2.13. The maximum absolute atomic E-state index is 11.6. The van der Waals surface area contributed by atoms with Crippen LogP contribution in [0.25, 0.3) is 0 Å². The van der Waals surface area contributed by atoms with Crippen LogP contribution in [0.1, 0.15) is 27.2 Å². The van der Waals surface area contributed by atoms with Crippen LogP contribution < -0.4 is 20.5 Å². The van der Waals surface area contributed by atoms with E-state index in [-0.39, 0.29) is 24.9 Å². The van der Waals surface area contributed by atoms with Gasteiger partial charge < -0.3 is 20.5 Å². The second-order valence-electron chi connectivity index (χ2n) is 5.37. The minimum absolute atomic E-state index is 0. The number of carbonyl (C=O) groups excluding carboxylic acids is 1. The molecule has 0 saturated heterocycles. The van der Waals surface area contributed by atoms with E-state index in [1.807, 2.05) is 26.0 Å². The van der Waals surface area contributed by atoms with Gasteiger partial charge in [0.05, 0.1) is 6.61 Å². The number of rotatable bonds is 8. The molecule has 120 valence electrons. The summed E-state index contributed by atoms with van der Waals surface area (Å²) in [4.78, 5) is 11.6. The molecule has 0 spiro atoms. The summed E-state index contributed by atoms with van der Waals surface area (Å²) < 4.78 is 10.8. The number of amides is 1. The molecular weight excluding hydrogens is 292 g/mol. The number of nitrogens with one attached hydrogen (secondary N) is 1. The summed E-state index contributed by atoms with van der Waals surface area (Å²) in [6.45, 7) is 6.84. The summed E-state index contributed by atoms with van der Waals surface area (Å²) >= 11 is 0. The fourth-order valence-electron chi connectivity index (χ4n) is 1.38. The summed E-state index contributed by atoms with van der Waals surface area (Å²) in [5, 5.41) is 2.72. The SMILES string of the molecule is CCCOc1ccc(OCC(=O)NCC(C)(C)N)cc1.Cl. The number of nitrogens with two attached hydrogens (primary N) is 1. The van der Waals surface area contributed by atoms with Crippen molar-refractivity contribution < 1.29 is 14.3 Å². The Labute approximate surface area is 132 Å². The molecule has 21 heavy (non-hydrogen) atoms. The molecule has 0 aliphatic carbocycles. The molecule has 0 heterocycles. The van der Waals surface area contributed by atoms with E-state index in [9.17, 15) is 4.79 Å². The predicted molar refractivity (Wildman–Crippen MR) is 86.2 cm³/mol. The second-order valence-corrected chi connectivity index (χ2v) is 5.37. The molecule has 0 fully saturated rings. The Kier molecular flexibility index (Phi) is 8.81. The van der Waals surface area contributed by atoms with Crippen LogP contribution >= 0.6 is 12.4 Å². The Hall–Kier alpha value is -1.46. The average molecular weight is 317 g/mol. The molecule has 1 aromatic carbocycles. The first kappa shape index (κ1) is 19.5. The van der Waals surface area contributed by atoms with Gasteiger partial charge in [-0.3, -0.25) is 4.79 Å². The largest absolute Gasteiger partial charge is 0.494 e. The zero-order chi connectivity index (χ0) is 15.0. The van der Waals surface area contributed by atoms with Crippen molar-refractivity contribution in [2.75, 3.05) is 19.8 Å². The number of benzene rings is 1. The fraction of sp³-hybridized carbons (Fsp3) is 0.533. The topological polar surface area (TPSA) is 73.6 Å². The summed E-state index contributed by atoms with van der Waals surface area (Å²) in [5.41, 5.74) is 5.36. The first-order chi connectivity index (χ1) is 9.40. The number of hydrogen-bond donors (Lipinski definition) is 2. The van der Waals surface area contributed by atoms with Gasteiger partial charge in [0.15, 0.2) is 6.61 Å². The standard InChI is InChI=1S/C15H24N2O3.ClH/c1-4-9-19-12-5-7-13(8-6-12)20-10-14(18)17-11-15(2,3)16;/h5-8H,4,9-11,16H2,1-3H3,(H,17,18);1H. The lowest BCUT2D eigenvalue weighted by Gasteiger charge is -2.18. The highest BCUT2D eigenvalue weighted by Gasteiger charge is 2.12. The van der Waals surface area contributed by atoms with E-state index in [1.54, 1.807) is 12.1 Å². The smallest absolute Gasteiger partial charge is 0.258 e. The summed E-state index contributed by atoms with van der Waals surface area (Å²) in [5.74, 6) is 1.25. The minimum atomic E-state index is -0.423. The van der Waals surface area contributed by atoms with Gasteiger partial charge in [0.1, 0.15) is 11.5 Å². The van der Waals surface area contributed by atoms with E-state index in [4.69, 9.17) is 15.2 Å². The number of halogens is 1. The monoisotopic (exact) mass is 316 g/mol. The maximum atomic E-state index is 11.6. The van der Waals surface area contributed by atoms with Crippen LogP contribution in [0.2, 0.25) is 0 Å². The Morgan fingerprint density at radius 2 is 1.71 bits per heavy atom. The Morgan fingerprint density at radius 1 is 1.19 bits per heavy atom. The number of hydrogen-bond acceptors (Lipinski definition) is 4. The van der Waals surface area contributed by atoms with E-state index in [0.29, 0.717) is 18.9 Å². The Bertz CT molecular complexity index is 416. The van der Waals surface area contributed by atoms with Crippen LogP contribution in [0, 0.1) is 0 Å². The van der Waals surface area contributed by atoms with Crippen molar-refractivity contribution >= 4 is 18.3 Å². The third-order valence-corrected chi connectivity index (χ3v) is 2.41. The quantitative estimate of drug-likeness (QED) is 0.770. The third kappa shape index (κ3) is 9.15. The van der Waals surface area contributed by atoms with Crippen molar-refractivity contribution in [3.05, 3.63) is 24.3 Å². The van der Waals surface area contributed by atoms with Gasteiger partial charge in [0.25, 0.3) is 5.91 Å². The van der Waals surface area contributed by atoms with Gasteiger partial charge in [0.2, 0.25) is 0 Å². The van der Waals surface area contributed by atoms with Crippen LogP contribution in [0.15, 0.2) is 24.3 Å². The van der Waals surface area contributed by atoms with Gasteiger partial charge in [-0.1, -0.05) is 6.92 Å². The lowest BCUT2D eigenvalue weighted by atomic mass is 10.1. The van der Waals surface area contributed by atoms with Gasteiger partial charge in [-0.15, -0.1) is 12.4 Å². The van der Waals surface area contributed by atoms with Crippen LogP contribution in [0.3, 0.4) is 0 Å². The Balaban J connectivity index is 0.00000400. The first-order valence-corrected chi connectivity index (χ1v) is 6.82. The highest BCUT2D eigenvalue weighted by Crippen LogP contribution is 2.17. The number of ether oxygens (including phenoxy) is 2. The molecule has 0 unspecified atom stereocenters. The zero-order valence-corrected chi connectivity index (χ0v) is 13.7. The van der Waals surface area contributed by atoms with Crippen LogP contribution in [0.5, 0.6) is 11.5 Å². The molecule has 5 nitrogen and oxygen atoms in total. The molecule has 3 N–H and O–H groups in total. The summed E-state index contributed by atoms with van der Waals surface area (Å²) in [7, 11) is 0. The highest BCUT2D eigenvalue weighted by atomic mass is 35.5. The lowest BCUT2D eigenvalue weighted by Crippen LogP contribution is -2.46. The number of carbonyl (C=O) groups is 1. The molecule has 0 atom stereocenters. The molecule has 0 aromatic heterocycles. The van der Waals surface area contributed by atoms with Crippen molar-refractivity contribution in [1.82, 2.24) is 5.32 Å². The molecule has 0 saturated carbocycles. The zero-order valence-electron chi connectivity index (χ0n) is 12.8. The maximum Gasteiger partial charge on any atom is 0.258 e. The second kappa shape index (κ2) is 9.47. The van der Waals surface area contributed by atoms with Crippen LogP contribution in [0.4, 0.5) is 0 Å². The minimum Gasteiger partial charge on any atom is -0.494 e.